The second-order valence-corrected chi connectivity index (χ2v) is 8.33. The van der Waals surface area contributed by atoms with Crippen molar-refractivity contribution >= 4 is 46.8 Å². The zero-order valence-electron chi connectivity index (χ0n) is 18.2. The fraction of sp³-hybridized carbons (Fsp3) is 0.227. The van der Waals surface area contributed by atoms with E-state index in [1.165, 1.54) is 24.9 Å². The summed E-state index contributed by atoms with van der Waals surface area (Å²) in [5, 5.41) is 14.7. The second kappa shape index (κ2) is 11.0. The third-order valence-corrected chi connectivity index (χ3v) is 5.97. The van der Waals surface area contributed by atoms with Gasteiger partial charge in [-0.25, -0.2) is 4.79 Å². The van der Waals surface area contributed by atoms with Gasteiger partial charge < -0.3 is 19.9 Å². The molecule has 0 aliphatic heterocycles. The minimum Gasteiger partial charge on any atom is -0.465 e. The molecule has 9 nitrogen and oxygen atoms in total. The minimum atomic E-state index is -0.483. The Morgan fingerprint density at radius 2 is 1.91 bits per heavy atom. The lowest BCUT2D eigenvalue weighted by Gasteiger charge is -2.14. The van der Waals surface area contributed by atoms with E-state index in [2.05, 4.69) is 25.6 Å². The van der Waals surface area contributed by atoms with Gasteiger partial charge in [0, 0.05) is 12.7 Å². The standard InChI is InChI=1S/C22H22ClN5O4S/c1-13(24-20(30)16-9-4-5-10-17(16)23)19-26-27-22(28(19)2)33-12-18(29)25-15-8-6-7-14(11-15)21(31)32-3/h4-11,13H,12H2,1-3H3,(H,24,30)(H,25,29)/t13-/m0/s1. The van der Waals surface area contributed by atoms with E-state index in [0.29, 0.717) is 32.8 Å². The van der Waals surface area contributed by atoms with Crippen LogP contribution in [0.5, 0.6) is 0 Å². The van der Waals surface area contributed by atoms with Gasteiger partial charge in [-0.2, -0.15) is 0 Å². The summed E-state index contributed by atoms with van der Waals surface area (Å²) in [4.78, 5) is 36.5. The molecule has 0 saturated carbocycles. The summed E-state index contributed by atoms with van der Waals surface area (Å²) in [6, 6.07) is 12.8. The highest BCUT2D eigenvalue weighted by Gasteiger charge is 2.20. The maximum Gasteiger partial charge on any atom is 0.337 e. The molecule has 0 saturated heterocycles. The number of rotatable bonds is 8. The molecule has 2 aromatic carbocycles. The summed E-state index contributed by atoms with van der Waals surface area (Å²) < 4.78 is 6.40. The van der Waals surface area contributed by atoms with Gasteiger partial charge in [0.25, 0.3) is 5.91 Å². The maximum atomic E-state index is 12.5. The number of esters is 1. The number of ether oxygens (including phenoxy) is 1. The van der Waals surface area contributed by atoms with Crippen LogP contribution in [0.2, 0.25) is 5.02 Å². The Bertz CT molecular complexity index is 1180. The predicted octanol–water partition coefficient (Wildman–Crippen LogP) is 3.48. The van der Waals surface area contributed by atoms with Gasteiger partial charge in [0.2, 0.25) is 5.91 Å². The monoisotopic (exact) mass is 487 g/mol. The van der Waals surface area contributed by atoms with Gasteiger partial charge in [-0.1, -0.05) is 41.6 Å². The average molecular weight is 488 g/mol. The lowest BCUT2D eigenvalue weighted by molar-refractivity contribution is -0.113. The van der Waals surface area contributed by atoms with Crippen LogP contribution in [0.3, 0.4) is 0 Å². The first-order valence-electron chi connectivity index (χ1n) is 9.86. The molecule has 2 N–H and O–H groups in total. The Kier molecular flexibility index (Phi) is 8.07. The molecule has 3 rings (SSSR count). The highest BCUT2D eigenvalue weighted by Crippen LogP contribution is 2.21. The molecule has 0 unspecified atom stereocenters. The Morgan fingerprint density at radius 3 is 2.64 bits per heavy atom. The van der Waals surface area contributed by atoms with Crippen molar-refractivity contribution in [3.8, 4) is 0 Å². The number of nitrogens with one attached hydrogen (secondary N) is 2. The van der Waals surface area contributed by atoms with Crippen LogP contribution >= 0.6 is 23.4 Å². The molecule has 11 heteroatoms. The second-order valence-electron chi connectivity index (χ2n) is 6.98. The van der Waals surface area contributed by atoms with Gasteiger partial charge in [-0.3, -0.25) is 9.59 Å². The van der Waals surface area contributed by atoms with Gasteiger partial charge >= 0.3 is 5.97 Å². The highest BCUT2D eigenvalue weighted by molar-refractivity contribution is 7.99. The van der Waals surface area contributed by atoms with Crippen LogP contribution in [-0.2, 0) is 16.6 Å². The average Bonchev–Trinajstić information content (AvgIpc) is 3.17. The van der Waals surface area contributed by atoms with Crippen molar-refractivity contribution in [3.05, 3.63) is 70.5 Å². The largest absolute Gasteiger partial charge is 0.465 e. The number of anilines is 1. The highest BCUT2D eigenvalue weighted by atomic mass is 35.5. The van der Waals surface area contributed by atoms with Gasteiger partial charge in [0.05, 0.1) is 35.1 Å². The van der Waals surface area contributed by atoms with Crippen molar-refractivity contribution in [2.75, 3.05) is 18.2 Å². The molecular formula is C22H22ClN5O4S. The van der Waals surface area contributed by atoms with Gasteiger partial charge in [-0.15, -0.1) is 10.2 Å². The van der Waals surface area contributed by atoms with Crippen molar-refractivity contribution in [2.24, 2.45) is 7.05 Å². The van der Waals surface area contributed by atoms with Crippen LogP contribution < -0.4 is 10.6 Å². The predicted molar refractivity (Wildman–Crippen MR) is 125 cm³/mol. The van der Waals surface area contributed by atoms with E-state index in [0.717, 1.165) is 0 Å². The normalized spacial score (nSPS) is 11.5. The van der Waals surface area contributed by atoms with Gasteiger partial charge in [0.15, 0.2) is 11.0 Å². The first kappa shape index (κ1) is 24.3. The van der Waals surface area contributed by atoms with Crippen LogP contribution in [0.25, 0.3) is 0 Å². The van der Waals surface area contributed by atoms with E-state index < -0.39 is 12.0 Å². The topological polar surface area (TPSA) is 115 Å². The van der Waals surface area contributed by atoms with E-state index in [-0.39, 0.29) is 17.6 Å². The minimum absolute atomic E-state index is 0.0782. The Morgan fingerprint density at radius 1 is 1.15 bits per heavy atom. The lowest BCUT2D eigenvalue weighted by atomic mass is 10.2. The Labute approximate surface area is 199 Å². The maximum absolute atomic E-state index is 12.5. The SMILES string of the molecule is COC(=O)c1cccc(NC(=O)CSc2nnc([C@H](C)NC(=O)c3ccccc3Cl)n2C)c1. The molecule has 2 amide bonds. The van der Waals surface area contributed by atoms with Crippen molar-refractivity contribution in [2.45, 2.75) is 18.1 Å². The van der Waals surface area contributed by atoms with Crippen molar-refractivity contribution < 1.29 is 19.1 Å². The molecule has 172 valence electrons. The summed E-state index contributed by atoms with van der Waals surface area (Å²) in [6.45, 7) is 1.79. The Hall–Kier alpha value is -3.37. The zero-order valence-corrected chi connectivity index (χ0v) is 19.7. The Balaban J connectivity index is 1.58. The number of amides is 2. The smallest absolute Gasteiger partial charge is 0.337 e. The number of thioether (sulfide) groups is 1. The molecule has 1 heterocycles. The summed E-state index contributed by atoms with van der Waals surface area (Å²) in [6.07, 6.45) is 0. The molecule has 0 radical (unpaired) electrons. The van der Waals surface area contributed by atoms with Crippen molar-refractivity contribution in [3.63, 3.8) is 0 Å². The number of hydrogen-bond acceptors (Lipinski definition) is 7. The number of carbonyl (C=O) groups excluding carboxylic acids is 3. The van der Waals surface area contributed by atoms with E-state index >= 15 is 0 Å². The lowest BCUT2D eigenvalue weighted by Crippen LogP contribution is -2.28. The van der Waals surface area contributed by atoms with Crippen LogP contribution in [0.15, 0.2) is 53.7 Å². The molecule has 0 aliphatic rings. The van der Waals surface area contributed by atoms with E-state index in [1.54, 1.807) is 61.0 Å². The molecular weight excluding hydrogens is 466 g/mol. The van der Waals surface area contributed by atoms with E-state index in [1.807, 2.05) is 0 Å². The van der Waals surface area contributed by atoms with E-state index in [9.17, 15) is 14.4 Å². The first-order valence-corrected chi connectivity index (χ1v) is 11.2. The number of carbonyl (C=O) groups is 3. The van der Waals surface area contributed by atoms with E-state index in [4.69, 9.17) is 11.6 Å². The number of hydrogen-bond donors (Lipinski definition) is 2. The first-order chi connectivity index (χ1) is 15.8. The van der Waals surface area contributed by atoms with Crippen LogP contribution in [0, 0.1) is 0 Å². The molecule has 33 heavy (non-hydrogen) atoms. The quantitative estimate of drug-likeness (QED) is 0.369. The fourth-order valence-corrected chi connectivity index (χ4v) is 3.92. The third kappa shape index (κ3) is 6.11. The number of halogens is 1. The summed E-state index contributed by atoms with van der Waals surface area (Å²) >= 11 is 7.28. The summed E-state index contributed by atoms with van der Waals surface area (Å²) in [5.41, 5.74) is 1.20. The summed E-state index contributed by atoms with van der Waals surface area (Å²) in [5.74, 6) is -0.466. The molecule has 0 fully saturated rings. The van der Waals surface area contributed by atoms with Crippen LogP contribution in [0.4, 0.5) is 5.69 Å². The van der Waals surface area contributed by atoms with Gasteiger partial charge in [0.1, 0.15) is 0 Å². The van der Waals surface area contributed by atoms with Crippen molar-refractivity contribution in [1.82, 2.24) is 20.1 Å². The number of benzene rings is 2. The van der Waals surface area contributed by atoms with Gasteiger partial charge in [-0.05, 0) is 37.3 Å². The molecule has 1 aromatic heterocycles. The molecule has 0 aliphatic carbocycles. The van der Waals surface area contributed by atoms with Crippen LogP contribution in [-0.4, -0.2) is 45.4 Å². The third-order valence-electron chi connectivity index (χ3n) is 4.62. The zero-order chi connectivity index (χ0) is 24.0. The van der Waals surface area contributed by atoms with Crippen LogP contribution in [0.1, 0.15) is 39.5 Å². The van der Waals surface area contributed by atoms with Crippen molar-refractivity contribution in [1.29, 1.82) is 0 Å². The number of aromatic nitrogens is 3. The molecule has 0 bridgehead atoms. The molecule has 1 atom stereocenters. The summed E-state index contributed by atoms with van der Waals surface area (Å²) in [7, 11) is 3.05. The molecule has 3 aromatic rings. The number of nitrogens with zero attached hydrogens (tertiary/aromatic N) is 3. The number of methoxy groups -OCH3 is 1. The molecule has 0 spiro atoms. The fourth-order valence-electron chi connectivity index (χ4n) is 2.98.